The van der Waals surface area contributed by atoms with Crippen LogP contribution in [0.4, 0.5) is 0 Å². The highest BCUT2D eigenvalue weighted by Crippen LogP contribution is 2.27. The normalized spacial score (nSPS) is 11.4. The summed E-state index contributed by atoms with van der Waals surface area (Å²) in [6, 6.07) is 10.8. The van der Waals surface area contributed by atoms with Crippen molar-refractivity contribution in [3.8, 4) is 0 Å². The Balaban J connectivity index is 1.94. The van der Waals surface area contributed by atoms with E-state index in [1.54, 1.807) is 18.2 Å². The van der Waals surface area contributed by atoms with Crippen molar-refractivity contribution in [2.75, 3.05) is 5.75 Å². The SMILES string of the molecule is NC(=O)CSc1nc2c(oc3ccccc32)c(=O)n1Cc1ccco1. The van der Waals surface area contributed by atoms with Gasteiger partial charge in [0.15, 0.2) is 5.16 Å². The summed E-state index contributed by atoms with van der Waals surface area (Å²) in [5, 5.41) is 1.14. The maximum atomic E-state index is 12.9. The Morgan fingerprint density at radius 2 is 2.08 bits per heavy atom. The number of benzene rings is 1. The van der Waals surface area contributed by atoms with Crippen LogP contribution >= 0.6 is 11.8 Å². The fourth-order valence-corrected chi connectivity index (χ4v) is 3.33. The second-order valence-corrected chi connectivity index (χ2v) is 6.34. The summed E-state index contributed by atoms with van der Waals surface area (Å²) in [6.07, 6.45) is 1.53. The molecule has 0 aliphatic rings. The molecule has 1 aromatic carbocycles. The first kappa shape index (κ1) is 15.5. The molecule has 3 aromatic heterocycles. The number of fused-ring (bicyclic) bond motifs is 3. The van der Waals surface area contributed by atoms with E-state index in [0.29, 0.717) is 22.0 Å². The lowest BCUT2D eigenvalue weighted by Crippen LogP contribution is -2.24. The van der Waals surface area contributed by atoms with Crippen molar-refractivity contribution in [2.45, 2.75) is 11.7 Å². The molecular formula is C17H13N3O4S. The molecule has 25 heavy (non-hydrogen) atoms. The molecule has 4 aromatic rings. The molecule has 0 saturated heterocycles. The van der Waals surface area contributed by atoms with Crippen LogP contribution in [0.5, 0.6) is 0 Å². The zero-order valence-corrected chi connectivity index (χ0v) is 13.8. The number of hydrogen-bond donors (Lipinski definition) is 1. The number of nitrogens with two attached hydrogens (primary N) is 1. The number of nitrogens with zero attached hydrogens (tertiary/aromatic N) is 2. The first-order valence-electron chi connectivity index (χ1n) is 7.49. The fraction of sp³-hybridized carbons (Fsp3) is 0.118. The predicted molar refractivity (Wildman–Crippen MR) is 93.5 cm³/mol. The van der Waals surface area contributed by atoms with E-state index >= 15 is 0 Å². The molecule has 0 unspecified atom stereocenters. The van der Waals surface area contributed by atoms with Gasteiger partial charge in [0.05, 0.1) is 18.6 Å². The monoisotopic (exact) mass is 355 g/mol. The summed E-state index contributed by atoms with van der Waals surface area (Å²) >= 11 is 1.11. The number of furan rings is 2. The van der Waals surface area contributed by atoms with E-state index < -0.39 is 5.91 Å². The molecule has 0 bridgehead atoms. The van der Waals surface area contributed by atoms with Gasteiger partial charge < -0.3 is 14.6 Å². The molecule has 0 spiro atoms. The van der Waals surface area contributed by atoms with E-state index in [2.05, 4.69) is 4.98 Å². The molecule has 0 saturated carbocycles. The van der Waals surface area contributed by atoms with E-state index in [1.165, 1.54) is 10.8 Å². The second-order valence-electron chi connectivity index (χ2n) is 5.40. The summed E-state index contributed by atoms with van der Waals surface area (Å²) in [5.74, 6) is 0.132. The predicted octanol–water partition coefficient (Wildman–Crippen LogP) is 2.36. The van der Waals surface area contributed by atoms with Gasteiger partial charge in [-0.05, 0) is 24.3 Å². The Morgan fingerprint density at radius 1 is 1.24 bits per heavy atom. The lowest BCUT2D eigenvalue weighted by Gasteiger charge is -2.09. The lowest BCUT2D eigenvalue weighted by atomic mass is 10.2. The minimum absolute atomic E-state index is 0.0197. The molecule has 0 atom stereocenters. The Hall–Kier alpha value is -3.00. The number of rotatable bonds is 5. The zero-order chi connectivity index (χ0) is 17.4. The Kier molecular flexibility index (Phi) is 3.81. The molecule has 3 heterocycles. The lowest BCUT2D eigenvalue weighted by molar-refractivity contribution is -0.115. The maximum absolute atomic E-state index is 12.9. The van der Waals surface area contributed by atoms with Gasteiger partial charge in [-0.3, -0.25) is 14.2 Å². The Morgan fingerprint density at radius 3 is 2.84 bits per heavy atom. The van der Waals surface area contributed by atoms with Gasteiger partial charge in [-0.2, -0.15) is 0 Å². The van der Waals surface area contributed by atoms with E-state index in [4.69, 9.17) is 14.6 Å². The van der Waals surface area contributed by atoms with Crippen LogP contribution in [-0.4, -0.2) is 21.2 Å². The third kappa shape index (κ3) is 2.80. The van der Waals surface area contributed by atoms with Crippen LogP contribution in [0.3, 0.4) is 0 Å². The number of primary amides is 1. The molecule has 7 nitrogen and oxygen atoms in total. The molecule has 4 rings (SSSR count). The molecule has 8 heteroatoms. The first-order valence-corrected chi connectivity index (χ1v) is 8.47. The molecule has 0 fully saturated rings. The summed E-state index contributed by atoms with van der Waals surface area (Å²) in [6.45, 7) is 0.187. The van der Waals surface area contributed by atoms with Crippen molar-refractivity contribution in [1.29, 1.82) is 0 Å². The second kappa shape index (κ2) is 6.14. The number of hydrogen-bond acceptors (Lipinski definition) is 6. The Bertz CT molecular complexity index is 1130. The van der Waals surface area contributed by atoms with Crippen molar-refractivity contribution >= 4 is 39.7 Å². The van der Waals surface area contributed by atoms with Crippen LogP contribution in [0.1, 0.15) is 5.76 Å². The van der Waals surface area contributed by atoms with Crippen LogP contribution in [0.2, 0.25) is 0 Å². The van der Waals surface area contributed by atoms with Crippen LogP contribution < -0.4 is 11.3 Å². The average Bonchev–Trinajstić information content (AvgIpc) is 3.23. The number of aromatic nitrogens is 2. The summed E-state index contributed by atoms with van der Waals surface area (Å²) in [5.41, 5.74) is 6.15. The van der Waals surface area contributed by atoms with Crippen molar-refractivity contribution in [2.24, 2.45) is 5.73 Å². The van der Waals surface area contributed by atoms with Crippen LogP contribution in [0, 0.1) is 0 Å². The number of amides is 1. The quantitative estimate of drug-likeness (QED) is 0.435. The zero-order valence-electron chi connectivity index (χ0n) is 13.0. The third-order valence-corrected chi connectivity index (χ3v) is 4.68. The highest BCUT2D eigenvalue weighted by atomic mass is 32.2. The topological polar surface area (TPSA) is 104 Å². The van der Waals surface area contributed by atoms with Crippen molar-refractivity contribution in [1.82, 2.24) is 9.55 Å². The van der Waals surface area contributed by atoms with Crippen molar-refractivity contribution < 1.29 is 13.6 Å². The van der Waals surface area contributed by atoms with E-state index in [9.17, 15) is 9.59 Å². The van der Waals surface area contributed by atoms with Crippen LogP contribution in [-0.2, 0) is 11.3 Å². The standard InChI is InChI=1S/C17H13N3O4S/c18-13(21)9-25-17-19-14-11-5-1-2-6-12(11)24-15(14)16(22)20(17)8-10-4-3-7-23-10/h1-7H,8-9H2,(H2,18,21). The third-order valence-electron chi connectivity index (χ3n) is 3.68. The fourth-order valence-electron chi connectivity index (χ4n) is 2.60. The van der Waals surface area contributed by atoms with Gasteiger partial charge in [0.25, 0.3) is 5.56 Å². The summed E-state index contributed by atoms with van der Waals surface area (Å²) in [7, 11) is 0. The summed E-state index contributed by atoms with van der Waals surface area (Å²) < 4.78 is 12.4. The van der Waals surface area contributed by atoms with Gasteiger partial charge in [0.2, 0.25) is 11.5 Å². The van der Waals surface area contributed by atoms with Crippen molar-refractivity contribution in [3.05, 3.63) is 58.8 Å². The largest absolute Gasteiger partial charge is 0.467 e. The van der Waals surface area contributed by atoms with E-state index in [0.717, 1.165) is 17.1 Å². The van der Waals surface area contributed by atoms with Gasteiger partial charge >= 0.3 is 0 Å². The van der Waals surface area contributed by atoms with Gasteiger partial charge in [-0.25, -0.2) is 4.98 Å². The van der Waals surface area contributed by atoms with Crippen molar-refractivity contribution in [3.63, 3.8) is 0 Å². The maximum Gasteiger partial charge on any atom is 0.298 e. The van der Waals surface area contributed by atoms with Gasteiger partial charge in [-0.1, -0.05) is 23.9 Å². The number of carbonyl (C=O) groups excluding carboxylic acids is 1. The molecule has 0 aliphatic heterocycles. The highest BCUT2D eigenvalue weighted by molar-refractivity contribution is 7.99. The van der Waals surface area contributed by atoms with Crippen LogP contribution in [0.25, 0.3) is 22.1 Å². The van der Waals surface area contributed by atoms with Gasteiger partial charge in [0, 0.05) is 5.39 Å². The Labute approximate surface area is 145 Å². The minimum atomic E-state index is -0.485. The summed E-state index contributed by atoms with van der Waals surface area (Å²) in [4.78, 5) is 28.7. The smallest absolute Gasteiger partial charge is 0.298 e. The average molecular weight is 355 g/mol. The molecular weight excluding hydrogens is 342 g/mol. The van der Waals surface area contributed by atoms with Gasteiger partial charge in [0.1, 0.15) is 16.9 Å². The minimum Gasteiger partial charge on any atom is -0.467 e. The number of carbonyl (C=O) groups is 1. The molecule has 1 amide bonds. The van der Waals surface area contributed by atoms with Gasteiger partial charge in [-0.15, -0.1) is 0 Å². The van der Waals surface area contributed by atoms with E-state index in [1.807, 2.05) is 18.2 Å². The van der Waals surface area contributed by atoms with Crippen LogP contribution in [0.15, 0.2) is 61.4 Å². The number of thioether (sulfide) groups is 1. The van der Waals surface area contributed by atoms with E-state index in [-0.39, 0.29) is 23.4 Å². The molecule has 0 aliphatic carbocycles. The molecule has 0 radical (unpaired) electrons. The number of para-hydroxylation sites is 1. The highest BCUT2D eigenvalue weighted by Gasteiger charge is 2.19. The molecule has 126 valence electrons. The molecule has 2 N–H and O–H groups in total. The first-order chi connectivity index (χ1) is 12.1.